The van der Waals surface area contributed by atoms with Crippen LogP contribution in [0.2, 0.25) is 5.02 Å². The number of hydrogen-bond acceptors (Lipinski definition) is 4. The maximum Gasteiger partial charge on any atom is 0.244 e. The number of hydrogen-bond donors (Lipinski definition) is 1. The average molecular weight is 494 g/mol. The summed E-state index contributed by atoms with van der Waals surface area (Å²) in [6.07, 6.45) is 1.04. The summed E-state index contributed by atoms with van der Waals surface area (Å²) in [6, 6.07) is 11.6. The molecule has 1 unspecified atom stereocenters. The monoisotopic (exact) mass is 493 g/mol. The molecule has 0 fully saturated rings. The van der Waals surface area contributed by atoms with Gasteiger partial charge in [0.1, 0.15) is 12.6 Å². The first-order valence-corrected chi connectivity index (χ1v) is 12.9. The van der Waals surface area contributed by atoms with Gasteiger partial charge in [0.25, 0.3) is 0 Å². The van der Waals surface area contributed by atoms with Crippen LogP contribution in [-0.4, -0.2) is 50.0 Å². The third-order valence-corrected chi connectivity index (χ3v) is 6.76. The first-order valence-electron chi connectivity index (χ1n) is 10.7. The number of nitrogens with zero attached hydrogens (tertiary/aromatic N) is 2. The van der Waals surface area contributed by atoms with E-state index in [4.69, 9.17) is 11.6 Å². The summed E-state index contributed by atoms with van der Waals surface area (Å²) in [5.41, 5.74) is 2.74. The molecule has 33 heavy (non-hydrogen) atoms. The van der Waals surface area contributed by atoms with E-state index >= 15 is 0 Å². The number of anilines is 1. The molecule has 0 radical (unpaired) electrons. The molecule has 0 aliphatic heterocycles. The van der Waals surface area contributed by atoms with Crippen molar-refractivity contribution in [2.45, 2.75) is 53.2 Å². The lowest BCUT2D eigenvalue weighted by Crippen LogP contribution is -2.52. The van der Waals surface area contributed by atoms with Gasteiger partial charge in [-0.3, -0.25) is 13.9 Å². The van der Waals surface area contributed by atoms with Crippen LogP contribution in [0.4, 0.5) is 5.69 Å². The summed E-state index contributed by atoms with van der Waals surface area (Å²) in [7, 11) is -3.80. The highest BCUT2D eigenvalue weighted by Gasteiger charge is 2.31. The van der Waals surface area contributed by atoms with E-state index < -0.39 is 28.5 Å². The molecule has 2 amide bonds. The van der Waals surface area contributed by atoms with Gasteiger partial charge in [0.15, 0.2) is 0 Å². The second-order valence-corrected chi connectivity index (χ2v) is 10.8. The molecule has 0 aliphatic rings. The third-order valence-electron chi connectivity index (χ3n) is 5.22. The minimum absolute atomic E-state index is 0.0995. The van der Waals surface area contributed by atoms with Crippen LogP contribution in [0.15, 0.2) is 42.5 Å². The SMILES string of the molecule is Cc1cccc(CN(C(=O)CN(c2cccc(Cl)c2C)S(C)(=O)=O)C(C)C(=O)NC(C)C)c1. The second-order valence-electron chi connectivity index (χ2n) is 8.50. The van der Waals surface area contributed by atoms with Crippen molar-refractivity contribution in [2.75, 3.05) is 17.1 Å². The predicted molar refractivity (Wildman–Crippen MR) is 133 cm³/mol. The number of carbonyl (C=O) groups excluding carboxylic acids is 2. The zero-order valence-corrected chi connectivity index (χ0v) is 21.5. The molecule has 1 N–H and O–H groups in total. The van der Waals surface area contributed by atoms with Crippen molar-refractivity contribution in [2.24, 2.45) is 0 Å². The van der Waals surface area contributed by atoms with Crippen LogP contribution in [0.3, 0.4) is 0 Å². The zero-order chi connectivity index (χ0) is 24.9. The Kier molecular flexibility index (Phi) is 8.91. The van der Waals surface area contributed by atoms with Crippen LogP contribution in [-0.2, 0) is 26.2 Å². The molecule has 2 aromatic carbocycles. The van der Waals surface area contributed by atoms with Crippen molar-refractivity contribution in [1.29, 1.82) is 0 Å². The maximum atomic E-state index is 13.5. The molecule has 2 rings (SSSR count). The molecule has 0 aliphatic carbocycles. The maximum absolute atomic E-state index is 13.5. The van der Waals surface area contributed by atoms with E-state index in [0.29, 0.717) is 16.3 Å². The summed E-state index contributed by atoms with van der Waals surface area (Å²) in [6.45, 7) is 8.67. The van der Waals surface area contributed by atoms with Crippen molar-refractivity contribution in [3.8, 4) is 0 Å². The van der Waals surface area contributed by atoms with Gasteiger partial charge in [-0.25, -0.2) is 8.42 Å². The lowest BCUT2D eigenvalue weighted by atomic mass is 10.1. The lowest BCUT2D eigenvalue weighted by Gasteiger charge is -2.32. The highest BCUT2D eigenvalue weighted by molar-refractivity contribution is 7.92. The van der Waals surface area contributed by atoms with Crippen LogP contribution >= 0.6 is 11.6 Å². The van der Waals surface area contributed by atoms with Crippen molar-refractivity contribution < 1.29 is 18.0 Å². The molecular formula is C24H32ClN3O4S. The molecule has 0 saturated carbocycles. The summed E-state index contributed by atoms with van der Waals surface area (Å²) in [5, 5.41) is 3.22. The Morgan fingerprint density at radius 1 is 1.06 bits per heavy atom. The zero-order valence-electron chi connectivity index (χ0n) is 19.9. The van der Waals surface area contributed by atoms with Crippen LogP contribution in [0, 0.1) is 13.8 Å². The van der Waals surface area contributed by atoms with Crippen LogP contribution in [0.5, 0.6) is 0 Å². The van der Waals surface area contributed by atoms with Crippen LogP contribution in [0.1, 0.15) is 37.5 Å². The molecule has 7 nitrogen and oxygen atoms in total. The minimum Gasteiger partial charge on any atom is -0.352 e. The Hall–Kier alpha value is -2.58. The fraction of sp³-hybridized carbons (Fsp3) is 0.417. The highest BCUT2D eigenvalue weighted by atomic mass is 35.5. The minimum atomic E-state index is -3.80. The van der Waals surface area contributed by atoms with Gasteiger partial charge < -0.3 is 10.2 Å². The van der Waals surface area contributed by atoms with E-state index in [1.807, 2.05) is 45.0 Å². The van der Waals surface area contributed by atoms with E-state index in [0.717, 1.165) is 21.7 Å². The normalized spacial score (nSPS) is 12.4. The smallest absolute Gasteiger partial charge is 0.244 e. The van der Waals surface area contributed by atoms with E-state index in [9.17, 15) is 18.0 Å². The van der Waals surface area contributed by atoms with Crippen molar-refractivity contribution in [3.63, 3.8) is 0 Å². The number of nitrogens with one attached hydrogen (secondary N) is 1. The van der Waals surface area contributed by atoms with Gasteiger partial charge in [-0.2, -0.15) is 0 Å². The van der Waals surface area contributed by atoms with Crippen LogP contribution in [0.25, 0.3) is 0 Å². The fourth-order valence-electron chi connectivity index (χ4n) is 3.46. The summed E-state index contributed by atoms with van der Waals surface area (Å²) in [5.74, 6) is -0.802. The summed E-state index contributed by atoms with van der Waals surface area (Å²) < 4.78 is 26.3. The molecule has 0 saturated heterocycles. The molecular weight excluding hydrogens is 462 g/mol. The Labute approximate surface area is 201 Å². The highest BCUT2D eigenvalue weighted by Crippen LogP contribution is 2.28. The lowest BCUT2D eigenvalue weighted by molar-refractivity contribution is -0.139. The van der Waals surface area contributed by atoms with Gasteiger partial charge in [0.2, 0.25) is 21.8 Å². The number of carbonyl (C=O) groups is 2. The molecule has 0 heterocycles. The standard InChI is InChI=1S/C24H32ClN3O4S/c1-16(2)26-24(30)19(5)27(14-20-10-7-9-17(3)13-20)23(29)15-28(33(6,31)32)22-12-8-11-21(25)18(22)4/h7-13,16,19H,14-15H2,1-6H3,(H,26,30). The number of benzene rings is 2. The molecule has 2 aromatic rings. The largest absolute Gasteiger partial charge is 0.352 e. The molecule has 1 atom stereocenters. The van der Waals surface area contributed by atoms with E-state index in [1.165, 1.54) is 4.90 Å². The summed E-state index contributed by atoms with van der Waals surface area (Å²) >= 11 is 6.20. The van der Waals surface area contributed by atoms with Gasteiger partial charge in [-0.1, -0.05) is 47.5 Å². The Morgan fingerprint density at radius 2 is 1.70 bits per heavy atom. The topological polar surface area (TPSA) is 86.8 Å². The number of rotatable bonds is 9. The number of halogens is 1. The Balaban J connectivity index is 2.44. The van der Waals surface area contributed by atoms with Gasteiger partial charge in [0, 0.05) is 17.6 Å². The predicted octanol–water partition coefficient (Wildman–Crippen LogP) is 3.66. The average Bonchev–Trinajstić information content (AvgIpc) is 2.70. The van der Waals surface area contributed by atoms with Gasteiger partial charge in [-0.05, 0) is 57.9 Å². The first kappa shape index (κ1) is 26.7. The third kappa shape index (κ3) is 7.20. The van der Waals surface area contributed by atoms with E-state index in [-0.39, 0.29) is 18.5 Å². The number of sulfonamides is 1. The second kappa shape index (κ2) is 11.0. The van der Waals surface area contributed by atoms with Crippen molar-refractivity contribution in [1.82, 2.24) is 10.2 Å². The van der Waals surface area contributed by atoms with Gasteiger partial charge in [-0.15, -0.1) is 0 Å². The number of aryl methyl sites for hydroxylation is 1. The molecule has 0 aromatic heterocycles. The van der Waals surface area contributed by atoms with E-state index in [1.54, 1.807) is 32.0 Å². The van der Waals surface area contributed by atoms with Crippen LogP contribution < -0.4 is 9.62 Å². The quantitative estimate of drug-likeness (QED) is 0.577. The van der Waals surface area contributed by atoms with Crippen molar-refractivity contribution in [3.05, 3.63) is 64.2 Å². The molecule has 180 valence electrons. The fourth-order valence-corrected chi connectivity index (χ4v) is 4.53. The first-order chi connectivity index (χ1) is 15.3. The van der Waals surface area contributed by atoms with Gasteiger partial charge in [0.05, 0.1) is 11.9 Å². The molecule has 9 heteroatoms. The molecule has 0 spiro atoms. The van der Waals surface area contributed by atoms with E-state index in [2.05, 4.69) is 5.32 Å². The Bertz CT molecular complexity index is 1120. The van der Waals surface area contributed by atoms with Crippen molar-refractivity contribution >= 4 is 39.1 Å². The molecule has 0 bridgehead atoms. The number of amides is 2. The Morgan fingerprint density at radius 3 is 2.27 bits per heavy atom. The summed E-state index contributed by atoms with van der Waals surface area (Å²) in [4.78, 5) is 27.7. The van der Waals surface area contributed by atoms with Gasteiger partial charge >= 0.3 is 0 Å².